The van der Waals surface area contributed by atoms with Gasteiger partial charge in [-0.25, -0.2) is 0 Å². The van der Waals surface area contributed by atoms with Gasteiger partial charge in [0.05, 0.1) is 17.6 Å². The molecule has 0 bridgehead atoms. The molecule has 0 radical (unpaired) electrons. The Morgan fingerprint density at radius 2 is 1.85 bits per heavy atom. The Bertz CT molecular complexity index is 793. The maximum atomic E-state index is 13.0. The second-order valence-corrected chi connectivity index (χ2v) is 7.39. The predicted molar refractivity (Wildman–Crippen MR) is 102 cm³/mol. The number of nitrogens with zero attached hydrogens (tertiary/aromatic N) is 2. The van der Waals surface area contributed by atoms with Crippen molar-refractivity contribution in [2.75, 3.05) is 13.1 Å². The van der Waals surface area contributed by atoms with E-state index in [2.05, 4.69) is 10.3 Å². The maximum absolute atomic E-state index is 13.0. The molecule has 0 unspecified atom stereocenters. The summed E-state index contributed by atoms with van der Waals surface area (Å²) in [5.41, 5.74) is 0.578. The molecule has 2 N–H and O–H groups in total. The lowest BCUT2D eigenvalue weighted by atomic mass is 9.82. The fourth-order valence-corrected chi connectivity index (χ4v) is 3.40. The van der Waals surface area contributed by atoms with Crippen LogP contribution in [0.1, 0.15) is 36.3 Å². The number of hydrogen-bond acceptors (Lipinski definition) is 4. The second-order valence-electron chi connectivity index (χ2n) is 7.39. The molecule has 2 heterocycles. The molecule has 1 saturated heterocycles. The molecule has 2 atom stereocenters. The zero-order valence-electron chi connectivity index (χ0n) is 15.6. The van der Waals surface area contributed by atoms with Crippen LogP contribution in [0, 0.1) is 0 Å². The minimum atomic E-state index is -0.818. The van der Waals surface area contributed by atoms with Crippen LogP contribution < -0.4 is 5.32 Å². The lowest BCUT2D eigenvalue weighted by molar-refractivity contribution is -0.139. The van der Waals surface area contributed by atoms with Crippen LogP contribution in [0.2, 0.25) is 0 Å². The van der Waals surface area contributed by atoms with Gasteiger partial charge in [-0.1, -0.05) is 36.4 Å². The Hall–Kier alpha value is -2.73. The number of pyridine rings is 1. The number of aliphatic hydroxyl groups is 1. The molecule has 6 nitrogen and oxygen atoms in total. The van der Waals surface area contributed by atoms with Crippen LogP contribution in [0.15, 0.2) is 54.7 Å². The predicted octanol–water partition coefficient (Wildman–Crippen LogP) is 1.75. The maximum Gasteiger partial charge on any atom is 0.270 e. The highest BCUT2D eigenvalue weighted by Gasteiger charge is 2.38. The molecule has 0 spiro atoms. The van der Waals surface area contributed by atoms with Gasteiger partial charge in [-0.3, -0.25) is 14.6 Å². The summed E-state index contributed by atoms with van der Waals surface area (Å²) in [5, 5.41) is 13.3. The van der Waals surface area contributed by atoms with Crippen LogP contribution in [0.5, 0.6) is 0 Å². The number of benzene rings is 1. The molecule has 27 heavy (non-hydrogen) atoms. The quantitative estimate of drug-likeness (QED) is 0.863. The van der Waals surface area contributed by atoms with E-state index in [9.17, 15) is 14.7 Å². The SMILES string of the molecule is CC(C)(C(=O)N1CC[C@@H](NC(=O)c2ccccn2)[C@H](O)C1)c1ccccc1. The Kier molecular flexibility index (Phi) is 5.56. The number of hydrogen-bond donors (Lipinski definition) is 2. The van der Waals surface area contributed by atoms with E-state index >= 15 is 0 Å². The number of carbonyl (C=O) groups is 2. The number of carbonyl (C=O) groups excluding carboxylic acids is 2. The van der Waals surface area contributed by atoms with Crippen molar-refractivity contribution >= 4 is 11.8 Å². The molecule has 1 aromatic carbocycles. The standard InChI is InChI=1S/C21H25N3O3/c1-21(2,15-8-4-3-5-9-15)20(27)24-13-11-16(18(25)14-24)23-19(26)17-10-6-7-12-22-17/h3-10,12,16,18,25H,11,13-14H2,1-2H3,(H,23,26)/t16-,18-/m1/s1. The van der Waals surface area contributed by atoms with Crippen molar-refractivity contribution in [3.8, 4) is 0 Å². The molecule has 3 rings (SSSR count). The summed E-state index contributed by atoms with van der Waals surface area (Å²) in [6, 6.07) is 14.3. The summed E-state index contributed by atoms with van der Waals surface area (Å²) < 4.78 is 0. The van der Waals surface area contributed by atoms with Crippen LogP contribution in [-0.4, -0.2) is 52.0 Å². The Morgan fingerprint density at radius 3 is 2.48 bits per heavy atom. The minimum absolute atomic E-state index is 0.0257. The molecule has 1 fully saturated rings. The van der Waals surface area contributed by atoms with Crippen LogP contribution in [0.25, 0.3) is 0 Å². The molecule has 2 amide bonds. The fourth-order valence-electron chi connectivity index (χ4n) is 3.40. The Labute approximate surface area is 159 Å². The van der Waals surface area contributed by atoms with E-state index in [-0.39, 0.29) is 18.4 Å². The summed E-state index contributed by atoms with van der Waals surface area (Å²) >= 11 is 0. The molecule has 0 aliphatic carbocycles. The largest absolute Gasteiger partial charge is 0.389 e. The van der Waals surface area contributed by atoms with Crippen molar-refractivity contribution in [3.05, 3.63) is 66.0 Å². The van der Waals surface area contributed by atoms with E-state index in [1.54, 1.807) is 29.3 Å². The van der Waals surface area contributed by atoms with Gasteiger partial charge in [0.2, 0.25) is 5.91 Å². The van der Waals surface area contributed by atoms with Crippen LogP contribution >= 0.6 is 0 Å². The number of β-amino-alcohol motifs (C(OH)–C–C–N with tert-alkyl or cyclic N) is 1. The summed E-state index contributed by atoms with van der Waals surface area (Å²) in [6.07, 6.45) is 1.23. The Balaban J connectivity index is 1.63. The summed E-state index contributed by atoms with van der Waals surface area (Å²) in [6.45, 7) is 4.47. The highest BCUT2D eigenvalue weighted by atomic mass is 16.3. The average molecular weight is 367 g/mol. The lowest BCUT2D eigenvalue weighted by Gasteiger charge is -2.39. The number of aromatic nitrogens is 1. The first-order valence-corrected chi connectivity index (χ1v) is 9.14. The lowest BCUT2D eigenvalue weighted by Crippen LogP contribution is -2.57. The van der Waals surface area contributed by atoms with Crippen molar-refractivity contribution in [1.82, 2.24) is 15.2 Å². The zero-order chi connectivity index (χ0) is 19.4. The van der Waals surface area contributed by atoms with E-state index in [4.69, 9.17) is 0 Å². The van der Waals surface area contributed by atoms with Gasteiger partial charge >= 0.3 is 0 Å². The van der Waals surface area contributed by atoms with E-state index in [0.29, 0.717) is 18.7 Å². The van der Waals surface area contributed by atoms with Crippen LogP contribution in [0.3, 0.4) is 0 Å². The zero-order valence-corrected chi connectivity index (χ0v) is 15.6. The fraction of sp³-hybridized carbons (Fsp3) is 0.381. The number of piperidine rings is 1. The topological polar surface area (TPSA) is 82.5 Å². The van der Waals surface area contributed by atoms with Gasteiger partial charge in [0, 0.05) is 19.3 Å². The van der Waals surface area contributed by atoms with Gasteiger partial charge in [-0.2, -0.15) is 0 Å². The van der Waals surface area contributed by atoms with Gasteiger partial charge in [0.1, 0.15) is 5.69 Å². The number of likely N-dealkylation sites (tertiary alicyclic amines) is 1. The normalized spacial score (nSPS) is 20.2. The van der Waals surface area contributed by atoms with E-state index in [1.807, 2.05) is 44.2 Å². The van der Waals surface area contributed by atoms with Crippen molar-refractivity contribution in [1.29, 1.82) is 0 Å². The first-order valence-electron chi connectivity index (χ1n) is 9.14. The average Bonchev–Trinajstić information content (AvgIpc) is 2.70. The molecule has 1 aliphatic heterocycles. The van der Waals surface area contributed by atoms with Crippen molar-refractivity contribution < 1.29 is 14.7 Å². The summed E-state index contributed by atoms with van der Waals surface area (Å²) in [4.78, 5) is 31.0. The van der Waals surface area contributed by atoms with Gasteiger partial charge < -0.3 is 15.3 Å². The molecule has 2 aromatic rings. The Morgan fingerprint density at radius 1 is 1.15 bits per heavy atom. The smallest absolute Gasteiger partial charge is 0.270 e. The van der Waals surface area contributed by atoms with Gasteiger partial charge in [0.25, 0.3) is 5.91 Å². The first kappa shape index (κ1) is 19.0. The monoisotopic (exact) mass is 367 g/mol. The summed E-state index contributed by atoms with van der Waals surface area (Å²) in [5.74, 6) is -0.341. The third kappa shape index (κ3) is 4.17. The van der Waals surface area contributed by atoms with Gasteiger partial charge in [0.15, 0.2) is 0 Å². The van der Waals surface area contributed by atoms with Crippen LogP contribution in [-0.2, 0) is 10.2 Å². The van der Waals surface area contributed by atoms with Crippen molar-refractivity contribution in [2.24, 2.45) is 0 Å². The minimum Gasteiger partial charge on any atom is -0.389 e. The summed E-state index contributed by atoms with van der Waals surface area (Å²) in [7, 11) is 0. The van der Waals surface area contributed by atoms with E-state index in [1.165, 1.54) is 0 Å². The van der Waals surface area contributed by atoms with Crippen LogP contribution in [0.4, 0.5) is 0 Å². The van der Waals surface area contributed by atoms with E-state index < -0.39 is 17.6 Å². The highest BCUT2D eigenvalue weighted by molar-refractivity contribution is 5.92. The second kappa shape index (κ2) is 7.88. The van der Waals surface area contributed by atoms with Gasteiger partial charge in [-0.05, 0) is 38.0 Å². The molecule has 6 heteroatoms. The number of rotatable bonds is 4. The van der Waals surface area contributed by atoms with Crippen molar-refractivity contribution in [3.63, 3.8) is 0 Å². The third-order valence-electron chi connectivity index (χ3n) is 5.11. The molecule has 1 aromatic heterocycles. The number of amides is 2. The molecular weight excluding hydrogens is 342 g/mol. The molecular formula is C21H25N3O3. The first-order chi connectivity index (χ1) is 12.9. The highest BCUT2D eigenvalue weighted by Crippen LogP contribution is 2.27. The van der Waals surface area contributed by atoms with Gasteiger partial charge in [-0.15, -0.1) is 0 Å². The van der Waals surface area contributed by atoms with Crippen molar-refractivity contribution in [2.45, 2.75) is 37.8 Å². The van der Waals surface area contributed by atoms with E-state index in [0.717, 1.165) is 5.56 Å². The molecule has 1 aliphatic rings. The molecule has 142 valence electrons. The third-order valence-corrected chi connectivity index (χ3v) is 5.11. The number of nitrogens with one attached hydrogen (secondary N) is 1. The molecule has 0 saturated carbocycles. The number of aliphatic hydroxyl groups excluding tert-OH is 1.